The minimum Gasteiger partial charge on any atom is -0.493 e. The van der Waals surface area contributed by atoms with Crippen LogP contribution in [-0.2, 0) is 6.18 Å². The van der Waals surface area contributed by atoms with Gasteiger partial charge in [-0.2, -0.15) is 22.9 Å². The van der Waals surface area contributed by atoms with Crippen LogP contribution < -0.4 is 9.47 Å². The number of halogens is 3. The van der Waals surface area contributed by atoms with Gasteiger partial charge in [0.2, 0.25) is 10.5 Å². The monoisotopic (exact) mass is 419 g/mol. The standard InChI is InChI=1S/C15H16F3N5O4S/c1-3-4-5-27-12-10(23(24)25)6-9(7-11(12)26-2)8-19-22-13(15(16,17)18)20-21-14(22)28/h6-8H,3-5H2,1-2H3,(H,21,28)/b19-8-. The van der Waals surface area contributed by atoms with E-state index in [0.717, 1.165) is 18.7 Å². The summed E-state index contributed by atoms with van der Waals surface area (Å²) in [4.78, 5) is 10.7. The van der Waals surface area contributed by atoms with Gasteiger partial charge in [0.15, 0.2) is 5.75 Å². The van der Waals surface area contributed by atoms with Crippen molar-refractivity contribution in [2.24, 2.45) is 5.10 Å². The lowest BCUT2D eigenvalue weighted by molar-refractivity contribution is -0.386. The average molecular weight is 419 g/mol. The van der Waals surface area contributed by atoms with E-state index in [-0.39, 0.29) is 28.4 Å². The first-order valence-corrected chi connectivity index (χ1v) is 8.38. The molecule has 0 radical (unpaired) electrons. The lowest BCUT2D eigenvalue weighted by Crippen LogP contribution is -2.12. The summed E-state index contributed by atoms with van der Waals surface area (Å²) in [5.74, 6) is -1.36. The van der Waals surface area contributed by atoms with Gasteiger partial charge in [0, 0.05) is 11.6 Å². The number of ether oxygens (including phenoxy) is 2. The van der Waals surface area contributed by atoms with E-state index in [0.29, 0.717) is 11.1 Å². The van der Waals surface area contributed by atoms with Crippen molar-refractivity contribution in [2.45, 2.75) is 25.9 Å². The second-order valence-corrected chi connectivity index (χ2v) is 5.82. The van der Waals surface area contributed by atoms with Crippen LogP contribution in [0.1, 0.15) is 31.2 Å². The molecule has 0 spiro atoms. The van der Waals surface area contributed by atoms with Crippen LogP contribution >= 0.6 is 12.2 Å². The van der Waals surface area contributed by atoms with E-state index >= 15 is 0 Å². The molecule has 0 bridgehead atoms. The molecule has 0 amide bonds. The number of unbranched alkanes of at least 4 members (excludes halogenated alkanes) is 1. The molecule has 0 atom stereocenters. The third kappa shape index (κ3) is 4.85. The molecule has 1 heterocycles. The molecule has 28 heavy (non-hydrogen) atoms. The molecule has 1 aromatic heterocycles. The second-order valence-electron chi connectivity index (χ2n) is 5.44. The first-order valence-electron chi connectivity index (χ1n) is 7.97. The van der Waals surface area contributed by atoms with E-state index < -0.39 is 22.6 Å². The van der Waals surface area contributed by atoms with Gasteiger partial charge in [-0.05, 0) is 24.7 Å². The normalized spacial score (nSPS) is 11.8. The van der Waals surface area contributed by atoms with Crippen LogP contribution in [0.15, 0.2) is 17.2 Å². The van der Waals surface area contributed by atoms with Gasteiger partial charge in [-0.25, -0.2) is 5.10 Å². The number of aromatic nitrogens is 3. The van der Waals surface area contributed by atoms with Gasteiger partial charge >= 0.3 is 11.9 Å². The molecule has 2 rings (SSSR count). The first-order chi connectivity index (χ1) is 13.2. The van der Waals surface area contributed by atoms with Crippen molar-refractivity contribution < 1.29 is 27.6 Å². The number of alkyl halides is 3. The zero-order chi connectivity index (χ0) is 20.9. The van der Waals surface area contributed by atoms with Gasteiger partial charge in [-0.3, -0.25) is 10.1 Å². The van der Waals surface area contributed by atoms with Crippen LogP contribution in [0.5, 0.6) is 11.5 Å². The molecule has 2 aromatic rings. The largest absolute Gasteiger partial charge is 0.493 e. The number of methoxy groups -OCH3 is 1. The first kappa shape index (κ1) is 21.3. The number of nitro groups is 1. The van der Waals surface area contributed by atoms with Crippen molar-refractivity contribution in [3.8, 4) is 11.5 Å². The second kappa shape index (κ2) is 8.82. The zero-order valence-corrected chi connectivity index (χ0v) is 15.6. The number of nitro benzene ring substituents is 1. The Morgan fingerprint density at radius 2 is 2.18 bits per heavy atom. The molecule has 0 aliphatic rings. The van der Waals surface area contributed by atoms with Gasteiger partial charge in [-0.15, -0.1) is 5.10 Å². The van der Waals surface area contributed by atoms with E-state index in [9.17, 15) is 23.3 Å². The van der Waals surface area contributed by atoms with E-state index in [1.54, 1.807) is 0 Å². The summed E-state index contributed by atoms with van der Waals surface area (Å²) in [5, 5.41) is 20.1. The molecule has 0 aliphatic heterocycles. The maximum atomic E-state index is 12.9. The summed E-state index contributed by atoms with van der Waals surface area (Å²) in [6, 6.07) is 2.47. The Labute approximate surface area is 161 Å². The van der Waals surface area contributed by atoms with Crippen LogP contribution in [0.25, 0.3) is 0 Å². The molecule has 0 saturated carbocycles. The van der Waals surface area contributed by atoms with Gasteiger partial charge in [0.05, 0.1) is 24.9 Å². The van der Waals surface area contributed by atoms with Gasteiger partial charge < -0.3 is 9.47 Å². The highest BCUT2D eigenvalue weighted by Crippen LogP contribution is 2.38. The number of H-pyrrole nitrogens is 1. The van der Waals surface area contributed by atoms with Gasteiger partial charge in [-0.1, -0.05) is 13.3 Å². The van der Waals surface area contributed by atoms with E-state index in [1.165, 1.54) is 13.2 Å². The number of rotatable bonds is 8. The van der Waals surface area contributed by atoms with Crippen molar-refractivity contribution in [2.75, 3.05) is 13.7 Å². The minimum atomic E-state index is -4.79. The van der Waals surface area contributed by atoms with Crippen molar-refractivity contribution in [1.29, 1.82) is 0 Å². The molecular weight excluding hydrogens is 403 g/mol. The summed E-state index contributed by atoms with van der Waals surface area (Å²) >= 11 is 4.73. The van der Waals surface area contributed by atoms with Crippen LogP contribution in [0.4, 0.5) is 18.9 Å². The molecule has 1 aromatic carbocycles. The highest BCUT2D eigenvalue weighted by molar-refractivity contribution is 7.71. The third-order valence-electron chi connectivity index (χ3n) is 3.44. The number of hydrogen-bond acceptors (Lipinski definition) is 7. The molecule has 0 fully saturated rings. The summed E-state index contributed by atoms with van der Waals surface area (Å²) in [5.41, 5.74) is -0.286. The Morgan fingerprint density at radius 3 is 2.75 bits per heavy atom. The number of nitrogens with one attached hydrogen (secondary N) is 1. The van der Waals surface area contributed by atoms with Crippen LogP contribution in [0.3, 0.4) is 0 Å². The Hall–Kier alpha value is -2.96. The molecule has 0 aliphatic carbocycles. The maximum Gasteiger partial charge on any atom is 0.453 e. The topological polar surface area (TPSA) is 108 Å². The predicted molar refractivity (Wildman–Crippen MR) is 95.5 cm³/mol. The molecule has 9 nitrogen and oxygen atoms in total. The van der Waals surface area contributed by atoms with Crippen LogP contribution in [-0.4, -0.2) is 39.7 Å². The molecule has 0 saturated heterocycles. The lowest BCUT2D eigenvalue weighted by Gasteiger charge is -2.11. The number of aromatic amines is 1. The Bertz CT molecular complexity index is 939. The minimum absolute atomic E-state index is 0.0542. The lowest BCUT2D eigenvalue weighted by atomic mass is 10.2. The van der Waals surface area contributed by atoms with Gasteiger partial charge in [0.1, 0.15) is 0 Å². The third-order valence-corrected chi connectivity index (χ3v) is 3.71. The highest BCUT2D eigenvalue weighted by atomic mass is 32.1. The number of benzene rings is 1. The smallest absolute Gasteiger partial charge is 0.453 e. The summed E-state index contributed by atoms with van der Waals surface area (Å²) in [6.07, 6.45) is -2.30. The average Bonchev–Trinajstić information content (AvgIpc) is 3.01. The molecule has 13 heteroatoms. The molecule has 0 unspecified atom stereocenters. The van der Waals surface area contributed by atoms with Crippen molar-refractivity contribution in [1.82, 2.24) is 14.9 Å². The van der Waals surface area contributed by atoms with E-state index in [4.69, 9.17) is 21.7 Å². The zero-order valence-electron chi connectivity index (χ0n) is 14.8. The SMILES string of the molecule is CCCCOc1c(OC)cc(/C=N\n2c(C(F)(F)F)n[nH]c2=S)cc1[N+](=O)[O-]. The maximum absolute atomic E-state index is 12.9. The van der Waals surface area contributed by atoms with Gasteiger partial charge in [0.25, 0.3) is 5.82 Å². The summed E-state index contributed by atoms with van der Waals surface area (Å²) in [6.45, 7) is 2.19. The van der Waals surface area contributed by atoms with Crippen molar-refractivity contribution >= 4 is 24.1 Å². The fraction of sp³-hybridized carbons (Fsp3) is 0.400. The van der Waals surface area contributed by atoms with E-state index in [2.05, 4.69) is 10.2 Å². The predicted octanol–water partition coefficient (Wildman–Crippen LogP) is 3.94. The molecule has 1 N–H and O–H groups in total. The Morgan fingerprint density at radius 1 is 1.46 bits per heavy atom. The molecule has 152 valence electrons. The number of hydrogen-bond donors (Lipinski definition) is 1. The van der Waals surface area contributed by atoms with Crippen molar-refractivity contribution in [3.05, 3.63) is 38.4 Å². The van der Waals surface area contributed by atoms with Crippen molar-refractivity contribution in [3.63, 3.8) is 0 Å². The fourth-order valence-electron chi connectivity index (χ4n) is 2.14. The Balaban J connectivity index is 2.46. The summed E-state index contributed by atoms with van der Waals surface area (Å²) < 4.78 is 49.4. The van der Waals surface area contributed by atoms with Crippen LogP contribution in [0.2, 0.25) is 0 Å². The highest BCUT2D eigenvalue weighted by Gasteiger charge is 2.37. The molecular formula is C15H16F3N5O4S. The van der Waals surface area contributed by atoms with Crippen LogP contribution in [0, 0.1) is 14.9 Å². The fourth-order valence-corrected chi connectivity index (χ4v) is 2.32. The quantitative estimate of drug-likeness (QED) is 0.228. The van der Waals surface area contributed by atoms with E-state index in [1.807, 2.05) is 12.0 Å². The Kier molecular flexibility index (Phi) is 6.72. The number of nitrogens with zero attached hydrogens (tertiary/aromatic N) is 4. The summed E-state index contributed by atoms with van der Waals surface area (Å²) in [7, 11) is 1.29.